The van der Waals surface area contributed by atoms with Crippen molar-refractivity contribution in [1.29, 1.82) is 0 Å². The molecule has 0 radical (unpaired) electrons. The van der Waals surface area contributed by atoms with Crippen molar-refractivity contribution in [2.24, 2.45) is 0 Å². The molecule has 4 heteroatoms. The number of hydrogen-bond acceptors (Lipinski definition) is 3. The molecule has 2 atom stereocenters. The Bertz CT molecular complexity index is 537. The van der Waals surface area contributed by atoms with E-state index >= 15 is 0 Å². The minimum atomic E-state index is -0.202. The highest BCUT2D eigenvalue weighted by atomic mass is 32.1. The van der Waals surface area contributed by atoms with Gasteiger partial charge in [-0.15, -0.1) is 11.3 Å². The van der Waals surface area contributed by atoms with Gasteiger partial charge in [0.2, 0.25) is 0 Å². The van der Waals surface area contributed by atoms with Crippen LogP contribution in [0.15, 0.2) is 18.2 Å². The molecular weight excluding hydrogens is 235 g/mol. The van der Waals surface area contributed by atoms with Crippen LogP contribution in [0, 0.1) is 5.82 Å². The van der Waals surface area contributed by atoms with Crippen LogP contribution >= 0.6 is 11.3 Å². The first-order valence-electron chi connectivity index (χ1n) is 6.02. The Morgan fingerprint density at radius 3 is 3.12 bits per heavy atom. The van der Waals surface area contributed by atoms with E-state index in [9.17, 15) is 4.39 Å². The summed E-state index contributed by atoms with van der Waals surface area (Å²) in [6.45, 7) is 3.23. The first kappa shape index (κ1) is 11.1. The minimum Gasteiger partial charge on any atom is -0.314 e. The molecule has 1 aliphatic heterocycles. The van der Waals surface area contributed by atoms with Crippen molar-refractivity contribution in [3.8, 4) is 0 Å². The summed E-state index contributed by atoms with van der Waals surface area (Å²) >= 11 is 1.64. The van der Waals surface area contributed by atoms with Gasteiger partial charge in [-0.2, -0.15) is 0 Å². The molecule has 1 aliphatic rings. The van der Waals surface area contributed by atoms with Gasteiger partial charge in [0.05, 0.1) is 9.71 Å². The predicted molar refractivity (Wildman–Crippen MR) is 69.0 cm³/mol. The summed E-state index contributed by atoms with van der Waals surface area (Å²) < 4.78 is 14.5. The number of nitrogens with zero attached hydrogens (tertiary/aromatic N) is 1. The van der Waals surface area contributed by atoms with Gasteiger partial charge in [-0.3, -0.25) is 0 Å². The molecule has 1 aromatic heterocycles. The predicted octanol–water partition coefficient (Wildman–Crippen LogP) is 3.29. The zero-order valence-electron chi connectivity index (χ0n) is 9.74. The highest BCUT2D eigenvalue weighted by Crippen LogP contribution is 2.34. The Morgan fingerprint density at radius 1 is 1.47 bits per heavy atom. The normalized spacial score (nSPS) is 25.3. The van der Waals surface area contributed by atoms with Gasteiger partial charge in [0, 0.05) is 12.0 Å². The van der Waals surface area contributed by atoms with E-state index in [1.165, 1.54) is 6.07 Å². The number of para-hydroxylation sites is 1. The average molecular weight is 250 g/mol. The summed E-state index contributed by atoms with van der Waals surface area (Å²) in [5.41, 5.74) is 0.540. The lowest BCUT2D eigenvalue weighted by Crippen LogP contribution is -2.34. The highest BCUT2D eigenvalue weighted by Gasteiger charge is 2.23. The third-order valence-electron chi connectivity index (χ3n) is 3.36. The van der Waals surface area contributed by atoms with Crippen molar-refractivity contribution in [3.05, 3.63) is 29.0 Å². The van der Waals surface area contributed by atoms with Gasteiger partial charge in [-0.05, 0) is 38.4 Å². The molecule has 0 bridgehead atoms. The summed E-state index contributed by atoms with van der Waals surface area (Å²) in [4.78, 5) is 4.49. The lowest BCUT2D eigenvalue weighted by molar-refractivity contribution is 0.381. The third kappa shape index (κ3) is 2.07. The number of aromatic nitrogens is 1. The summed E-state index contributed by atoms with van der Waals surface area (Å²) in [5, 5.41) is 4.53. The molecule has 90 valence electrons. The van der Waals surface area contributed by atoms with E-state index in [4.69, 9.17) is 0 Å². The van der Waals surface area contributed by atoms with E-state index in [-0.39, 0.29) is 5.82 Å². The van der Waals surface area contributed by atoms with Crippen molar-refractivity contribution >= 4 is 21.6 Å². The third-order valence-corrected chi connectivity index (χ3v) is 4.54. The van der Waals surface area contributed by atoms with E-state index in [2.05, 4.69) is 17.2 Å². The SMILES string of the molecule is C[C@@H]1C[C@@H](c2nc3c(F)cccc3s2)CCN1. The second-order valence-electron chi connectivity index (χ2n) is 4.72. The molecular formula is C13H15FN2S. The molecule has 1 fully saturated rings. The number of hydrogen-bond donors (Lipinski definition) is 1. The number of nitrogens with one attached hydrogen (secondary N) is 1. The molecule has 0 saturated carbocycles. The second kappa shape index (κ2) is 4.35. The van der Waals surface area contributed by atoms with Gasteiger partial charge in [-0.1, -0.05) is 6.07 Å². The van der Waals surface area contributed by atoms with E-state index in [0.29, 0.717) is 17.5 Å². The molecule has 0 aliphatic carbocycles. The maximum atomic E-state index is 13.6. The Labute approximate surface area is 104 Å². The number of benzene rings is 1. The van der Waals surface area contributed by atoms with Crippen LogP contribution in [0.5, 0.6) is 0 Å². The maximum Gasteiger partial charge on any atom is 0.150 e. The molecule has 0 unspecified atom stereocenters. The van der Waals surface area contributed by atoms with E-state index in [1.54, 1.807) is 17.4 Å². The summed E-state index contributed by atoms with van der Waals surface area (Å²) in [7, 11) is 0. The number of piperidine rings is 1. The molecule has 1 saturated heterocycles. The van der Waals surface area contributed by atoms with Crippen molar-refractivity contribution in [1.82, 2.24) is 10.3 Å². The number of halogens is 1. The number of thiazole rings is 1. The standard InChI is InChI=1S/C13H15FN2S/c1-8-7-9(5-6-15-8)13-16-12-10(14)3-2-4-11(12)17-13/h2-4,8-9,15H,5-7H2,1H3/t8-,9+/m1/s1. The van der Waals surface area contributed by atoms with Crippen LogP contribution in [0.1, 0.15) is 30.7 Å². The fourth-order valence-electron chi connectivity index (χ4n) is 2.46. The molecule has 1 aromatic carbocycles. The Balaban J connectivity index is 1.97. The molecule has 2 heterocycles. The molecule has 1 N–H and O–H groups in total. The lowest BCUT2D eigenvalue weighted by Gasteiger charge is -2.26. The second-order valence-corrected chi connectivity index (χ2v) is 5.78. The monoisotopic (exact) mass is 250 g/mol. The van der Waals surface area contributed by atoms with E-state index in [1.807, 2.05) is 6.07 Å². The van der Waals surface area contributed by atoms with Gasteiger partial charge < -0.3 is 5.32 Å². The van der Waals surface area contributed by atoms with Crippen LogP contribution in [0.25, 0.3) is 10.2 Å². The summed E-state index contributed by atoms with van der Waals surface area (Å²) in [6, 6.07) is 5.72. The summed E-state index contributed by atoms with van der Waals surface area (Å²) in [6.07, 6.45) is 2.20. The van der Waals surface area contributed by atoms with Gasteiger partial charge in [0.15, 0.2) is 0 Å². The van der Waals surface area contributed by atoms with E-state index in [0.717, 1.165) is 29.1 Å². The number of fused-ring (bicyclic) bond motifs is 1. The van der Waals surface area contributed by atoms with Crippen molar-refractivity contribution in [2.45, 2.75) is 31.7 Å². The van der Waals surface area contributed by atoms with Crippen LogP contribution in [0.2, 0.25) is 0 Å². The Morgan fingerprint density at radius 2 is 2.35 bits per heavy atom. The van der Waals surface area contributed by atoms with Crippen molar-refractivity contribution < 1.29 is 4.39 Å². The molecule has 2 nitrogen and oxygen atoms in total. The van der Waals surface area contributed by atoms with Gasteiger partial charge in [0.1, 0.15) is 11.3 Å². The van der Waals surface area contributed by atoms with Gasteiger partial charge in [0.25, 0.3) is 0 Å². The Hall–Kier alpha value is -1.00. The number of rotatable bonds is 1. The zero-order chi connectivity index (χ0) is 11.8. The molecule has 0 amide bonds. The minimum absolute atomic E-state index is 0.202. The lowest BCUT2D eigenvalue weighted by atomic mass is 9.94. The van der Waals surface area contributed by atoms with Crippen molar-refractivity contribution in [2.75, 3.05) is 6.54 Å². The summed E-state index contributed by atoms with van der Waals surface area (Å²) in [5.74, 6) is 0.287. The fraction of sp³-hybridized carbons (Fsp3) is 0.462. The van der Waals surface area contributed by atoms with Crippen LogP contribution in [0.4, 0.5) is 4.39 Å². The zero-order valence-corrected chi connectivity index (χ0v) is 10.6. The van der Waals surface area contributed by atoms with Gasteiger partial charge in [-0.25, -0.2) is 9.37 Å². The fourth-order valence-corrected chi connectivity index (χ4v) is 3.59. The highest BCUT2D eigenvalue weighted by molar-refractivity contribution is 7.18. The smallest absolute Gasteiger partial charge is 0.150 e. The largest absolute Gasteiger partial charge is 0.314 e. The van der Waals surface area contributed by atoms with Crippen LogP contribution in [-0.4, -0.2) is 17.6 Å². The topological polar surface area (TPSA) is 24.9 Å². The molecule has 2 aromatic rings. The van der Waals surface area contributed by atoms with Crippen LogP contribution < -0.4 is 5.32 Å². The van der Waals surface area contributed by atoms with E-state index < -0.39 is 0 Å². The average Bonchev–Trinajstić information content (AvgIpc) is 2.74. The van der Waals surface area contributed by atoms with Crippen molar-refractivity contribution in [3.63, 3.8) is 0 Å². The maximum absolute atomic E-state index is 13.6. The van der Waals surface area contributed by atoms with Crippen LogP contribution in [0.3, 0.4) is 0 Å². The van der Waals surface area contributed by atoms with Gasteiger partial charge >= 0.3 is 0 Å². The first-order chi connectivity index (χ1) is 8.24. The molecule has 3 rings (SSSR count). The quantitative estimate of drug-likeness (QED) is 0.840. The first-order valence-corrected chi connectivity index (χ1v) is 6.84. The van der Waals surface area contributed by atoms with Crippen LogP contribution in [-0.2, 0) is 0 Å². The molecule has 17 heavy (non-hydrogen) atoms. The Kier molecular flexibility index (Phi) is 2.84. The molecule has 0 spiro atoms.